The molecule has 0 radical (unpaired) electrons. The lowest BCUT2D eigenvalue weighted by atomic mass is 10.1. The normalized spacial score (nSPS) is 10.8. The molecule has 0 aliphatic rings. The minimum absolute atomic E-state index is 0.0110. The van der Waals surface area contributed by atoms with Crippen molar-refractivity contribution in [2.75, 3.05) is 0 Å². The van der Waals surface area contributed by atoms with Crippen molar-refractivity contribution in [2.45, 2.75) is 19.8 Å². The molecule has 2 nitrogen and oxygen atoms in total. The Hall–Kier alpha value is -0.760. The first-order valence-electron chi connectivity index (χ1n) is 3.88. The summed E-state index contributed by atoms with van der Waals surface area (Å²) in [5.74, 6) is 0.298. The minimum atomic E-state index is -0.0110. The van der Waals surface area contributed by atoms with Gasteiger partial charge in [0.25, 0.3) is 5.56 Å². The van der Waals surface area contributed by atoms with Crippen molar-refractivity contribution in [2.24, 2.45) is 7.05 Å². The Morgan fingerprint density at radius 1 is 1.50 bits per heavy atom. The van der Waals surface area contributed by atoms with E-state index in [0.717, 1.165) is 5.56 Å². The molecule has 0 saturated heterocycles. The van der Waals surface area contributed by atoms with Gasteiger partial charge in [-0.2, -0.15) is 0 Å². The van der Waals surface area contributed by atoms with Gasteiger partial charge in [-0.05, 0) is 11.5 Å². The first kappa shape index (κ1) is 9.33. The van der Waals surface area contributed by atoms with Crippen LogP contribution in [-0.2, 0) is 7.05 Å². The summed E-state index contributed by atoms with van der Waals surface area (Å²) in [6.45, 7) is 4.03. The van der Waals surface area contributed by atoms with Crippen LogP contribution in [0.1, 0.15) is 25.3 Å². The van der Waals surface area contributed by atoms with Gasteiger partial charge in [0.15, 0.2) is 0 Å². The standard InChI is InChI=1S/C9H12ClNO/c1-6(2)7-4-9(12)11(3)5-8(7)10/h4-6H,1-3H3. The highest BCUT2D eigenvalue weighted by Crippen LogP contribution is 2.21. The number of aromatic nitrogens is 1. The van der Waals surface area contributed by atoms with E-state index in [4.69, 9.17) is 11.6 Å². The molecule has 0 bridgehead atoms. The summed E-state index contributed by atoms with van der Waals surface area (Å²) in [5, 5.41) is 0.659. The Morgan fingerprint density at radius 2 is 2.08 bits per heavy atom. The Morgan fingerprint density at radius 3 is 2.58 bits per heavy atom. The molecule has 0 atom stereocenters. The first-order valence-corrected chi connectivity index (χ1v) is 4.26. The summed E-state index contributed by atoms with van der Waals surface area (Å²) in [6.07, 6.45) is 1.65. The number of aryl methyl sites for hydroxylation is 1. The molecular weight excluding hydrogens is 174 g/mol. The van der Waals surface area contributed by atoms with Gasteiger partial charge in [0.05, 0.1) is 5.02 Å². The Balaban J connectivity index is 3.33. The summed E-state index contributed by atoms with van der Waals surface area (Å²) >= 11 is 5.94. The molecule has 1 aromatic rings. The zero-order chi connectivity index (χ0) is 9.30. The minimum Gasteiger partial charge on any atom is -0.317 e. The van der Waals surface area contributed by atoms with Crippen LogP contribution < -0.4 is 5.56 Å². The molecule has 0 saturated carbocycles. The summed E-state index contributed by atoms with van der Waals surface area (Å²) in [6, 6.07) is 1.59. The van der Waals surface area contributed by atoms with Crippen LogP contribution in [-0.4, -0.2) is 4.57 Å². The summed E-state index contributed by atoms with van der Waals surface area (Å²) in [7, 11) is 1.69. The summed E-state index contributed by atoms with van der Waals surface area (Å²) in [4.78, 5) is 11.2. The third kappa shape index (κ3) is 1.69. The number of hydrogen-bond acceptors (Lipinski definition) is 1. The topological polar surface area (TPSA) is 22.0 Å². The molecule has 1 rings (SSSR count). The highest BCUT2D eigenvalue weighted by molar-refractivity contribution is 6.31. The van der Waals surface area contributed by atoms with Gasteiger partial charge in [0.1, 0.15) is 0 Å². The van der Waals surface area contributed by atoms with Crippen LogP contribution in [0.5, 0.6) is 0 Å². The molecule has 1 aromatic heterocycles. The van der Waals surface area contributed by atoms with Gasteiger partial charge in [0.2, 0.25) is 0 Å². The molecule has 0 spiro atoms. The highest BCUT2D eigenvalue weighted by Gasteiger charge is 2.06. The fourth-order valence-electron chi connectivity index (χ4n) is 1.05. The summed E-state index contributed by atoms with van der Waals surface area (Å²) in [5.41, 5.74) is 0.905. The van der Waals surface area contributed by atoms with Crippen LogP contribution in [0.15, 0.2) is 17.1 Å². The van der Waals surface area contributed by atoms with E-state index in [0.29, 0.717) is 10.9 Å². The van der Waals surface area contributed by atoms with Crippen LogP contribution in [0.3, 0.4) is 0 Å². The lowest BCUT2D eigenvalue weighted by Gasteiger charge is -2.08. The maximum absolute atomic E-state index is 11.2. The van der Waals surface area contributed by atoms with E-state index in [1.54, 1.807) is 19.3 Å². The second-order valence-electron chi connectivity index (χ2n) is 3.18. The third-order valence-electron chi connectivity index (χ3n) is 1.83. The molecule has 0 aromatic carbocycles. The second-order valence-corrected chi connectivity index (χ2v) is 3.59. The monoisotopic (exact) mass is 185 g/mol. The van der Waals surface area contributed by atoms with Crippen molar-refractivity contribution in [3.63, 3.8) is 0 Å². The van der Waals surface area contributed by atoms with Gasteiger partial charge < -0.3 is 4.57 Å². The maximum atomic E-state index is 11.2. The fraction of sp³-hybridized carbons (Fsp3) is 0.444. The lowest BCUT2D eigenvalue weighted by Crippen LogP contribution is -2.16. The lowest BCUT2D eigenvalue weighted by molar-refractivity contribution is 0.814. The van der Waals surface area contributed by atoms with Crippen molar-refractivity contribution in [1.29, 1.82) is 0 Å². The third-order valence-corrected chi connectivity index (χ3v) is 2.15. The van der Waals surface area contributed by atoms with Gasteiger partial charge in [-0.25, -0.2) is 0 Å². The van der Waals surface area contributed by atoms with Crippen LogP contribution in [0.25, 0.3) is 0 Å². The predicted molar refractivity (Wildman–Crippen MR) is 50.8 cm³/mol. The molecule has 3 heteroatoms. The zero-order valence-electron chi connectivity index (χ0n) is 7.47. The number of rotatable bonds is 1. The molecule has 1 heterocycles. The number of nitrogens with zero attached hydrogens (tertiary/aromatic N) is 1. The van der Waals surface area contributed by atoms with Crippen molar-refractivity contribution >= 4 is 11.6 Å². The molecule has 0 fully saturated rings. The van der Waals surface area contributed by atoms with Gasteiger partial charge >= 0.3 is 0 Å². The molecule has 0 aliphatic heterocycles. The van der Waals surface area contributed by atoms with Crippen LogP contribution >= 0.6 is 11.6 Å². The number of hydrogen-bond donors (Lipinski definition) is 0. The number of pyridine rings is 1. The largest absolute Gasteiger partial charge is 0.317 e. The average Bonchev–Trinajstić information content (AvgIpc) is 1.96. The molecule has 12 heavy (non-hydrogen) atoms. The van der Waals surface area contributed by atoms with E-state index in [1.165, 1.54) is 4.57 Å². The van der Waals surface area contributed by atoms with Crippen molar-refractivity contribution in [3.8, 4) is 0 Å². The van der Waals surface area contributed by atoms with Crippen molar-refractivity contribution < 1.29 is 0 Å². The van der Waals surface area contributed by atoms with E-state index < -0.39 is 0 Å². The predicted octanol–water partition coefficient (Wildman–Crippen LogP) is 2.16. The van der Waals surface area contributed by atoms with Crippen LogP contribution in [0.2, 0.25) is 5.02 Å². The Labute approximate surface area is 76.8 Å². The Kier molecular flexibility index (Phi) is 2.58. The second kappa shape index (κ2) is 3.31. The van der Waals surface area contributed by atoms with Crippen molar-refractivity contribution in [3.05, 3.63) is 33.2 Å². The number of halogens is 1. The smallest absolute Gasteiger partial charge is 0.250 e. The molecule has 0 aliphatic carbocycles. The molecule has 66 valence electrons. The SMILES string of the molecule is CC(C)c1cc(=O)n(C)cc1Cl. The van der Waals surface area contributed by atoms with Gasteiger partial charge in [-0.15, -0.1) is 0 Å². The zero-order valence-corrected chi connectivity index (χ0v) is 8.22. The molecule has 0 unspecified atom stereocenters. The van der Waals surface area contributed by atoms with Gasteiger partial charge in [-0.1, -0.05) is 25.4 Å². The highest BCUT2D eigenvalue weighted by atomic mass is 35.5. The molecule has 0 N–H and O–H groups in total. The van der Waals surface area contributed by atoms with Gasteiger partial charge in [0, 0.05) is 19.3 Å². The quantitative estimate of drug-likeness (QED) is 0.657. The van der Waals surface area contributed by atoms with E-state index >= 15 is 0 Å². The average molecular weight is 186 g/mol. The molecular formula is C9H12ClNO. The first-order chi connectivity index (χ1) is 5.52. The van der Waals surface area contributed by atoms with Gasteiger partial charge in [-0.3, -0.25) is 4.79 Å². The summed E-state index contributed by atoms with van der Waals surface area (Å²) < 4.78 is 1.48. The Bertz CT molecular complexity index is 341. The van der Waals surface area contributed by atoms with Crippen LogP contribution in [0, 0.1) is 0 Å². The van der Waals surface area contributed by atoms with E-state index in [1.807, 2.05) is 13.8 Å². The molecule has 0 amide bonds. The van der Waals surface area contributed by atoms with Crippen LogP contribution in [0.4, 0.5) is 0 Å². The van der Waals surface area contributed by atoms with E-state index in [2.05, 4.69) is 0 Å². The van der Waals surface area contributed by atoms with E-state index in [9.17, 15) is 4.79 Å². The van der Waals surface area contributed by atoms with E-state index in [-0.39, 0.29) is 5.56 Å². The maximum Gasteiger partial charge on any atom is 0.250 e. The fourth-order valence-corrected chi connectivity index (χ4v) is 1.47. The van der Waals surface area contributed by atoms with Crippen molar-refractivity contribution in [1.82, 2.24) is 4.57 Å².